The summed E-state index contributed by atoms with van der Waals surface area (Å²) in [6.45, 7) is 4.70. The van der Waals surface area contributed by atoms with Crippen molar-refractivity contribution in [2.24, 2.45) is 0 Å². The average Bonchev–Trinajstić information content (AvgIpc) is 3.22. The van der Waals surface area contributed by atoms with E-state index in [1.54, 1.807) is 0 Å². The molecule has 0 saturated carbocycles. The van der Waals surface area contributed by atoms with Gasteiger partial charge in [0.15, 0.2) is 0 Å². The summed E-state index contributed by atoms with van der Waals surface area (Å²) in [5.41, 5.74) is 4.98. The summed E-state index contributed by atoms with van der Waals surface area (Å²) in [5.74, 6) is 0. The fourth-order valence-electron chi connectivity index (χ4n) is 4.71. The molecule has 0 N–H and O–H groups in total. The van der Waals surface area contributed by atoms with Crippen LogP contribution in [0.3, 0.4) is 0 Å². The Labute approximate surface area is 198 Å². The quantitative estimate of drug-likeness (QED) is 0.309. The van der Waals surface area contributed by atoms with Crippen LogP contribution in [-0.4, -0.2) is 37.8 Å². The van der Waals surface area contributed by atoms with Gasteiger partial charge in [0.25, 0.3) is 0 Å². The molecule has 0 bridgehead atoms. The van der Waals surface area contributed by atoms with E-state index in [0.29, 0.717) is 6.61 Å². The molecule has 3 aromatic carbocycles. The zero-order valence-corrected chi connectivity index (χ0v) is 19.9. The Bertz CT molecular complexity index is 991. The van der Waals surface area contributed by atoms with Crippen LogP contribution in [0.25, 0.3) is 0 Å². The van der Waals surface area contributed by atoms with Gasteiger partial charge < -0.3 is 14.4 Å². The van der Waals surface area contributed by atoms with Gasteiger partial charge in [-0.15, -0.1) is 0 Å². The summed E-state index contributed by atoms with van der Waals surface area (Å²) in [4.78, 5) is 2.06. The Morgan fingerprint density at radius 2 is 1.30 bits per heavy atom. The van der Waals surface area contributed by atoms with E-state index in [1.807, 2.05) is 32.3 Å². The van der Waals surface area contributed by atoms with Crippen molar-refractivity contribution >= 4 is 0 Å². The van der Waals surface area contributed by atoms with Crippen LogP contribution in [-0.2, 0) is 15.1 Å². The highest BCUT2D eigenvalue weighted by atomic mass is 16.6. The molecule has 0 radical (unpaired) electrons. The van der Waals surface area contributed by atoms with Crippen molar-refractivity contribution in [1.82, 2.24) is 4.90 Å². The lowest BCUT2D eigenvalue weighted by Crippen LogP contribution is -2.35. The van der Waals surface area contributed by atoms with Crippen molar-refractivity contribution in [3.05, 3.63) is 131 Å². The predicted octanol–water partition coefficient (Wildman–Crippen LogP) is 6.17. The van der Waals surface area contributed by atoms with Crippen molar-refractivity contribution in [3.63, 3.8) is 0 Å². The fraction of sp³-hybridized carbons (Fsp3) is 0.267. The molecule has 0 spiro atoms. The summed E-state index contributed by atoms with van der Waals surface area (Å²) in [7, 11) is 4.07. The molecule has 2 atom stereocenters. The van der Waals surface area contributed by atoms with E-state index in [0.717, 1.165) is 16.7 Å². The molecule has 0 fully saturated rings. The summed E-state index contributed by atoms with van der Waals surface area (Å²) < 4.78 is 13.4. The lowest BCUT2D eigenvalue weighted by molar-refractivity contribution is -0.0489. The largest absolute Gasteiger partial charge is 0.383 e. The van der Waals surface area contributed by atoms with Crippen LogP contribution < -0.4 is 0 Å². The standard InChI is InChI=1S/C30H33NO2/c1-23-20-28(33-29(23)24(2)21-31(3)4)22-32-30(25-14-8-5-9-15-25,26-16-10-6-11-17-26)27-18-12-7-13-19-27/h5-21,28-29H,22H2,1-4H3/b24-21+. The second-order valence-electron chi connectivity index (χ2n) is 8.89. The van der Waals surface area contributed by atoms with Crippen LogP contribution in [0.15, 0.2) is 114 Å². The first-order valence-corrected chi connectivity index (χ1v) is 11.5. The Balaban J connectivity index is 1.70. The van der Waals surface area contributed by atoms with Crippen molar-refractivity contribution in [1.29, 1.82) is 0 Å². The highest BCUT2D eigenvalue weighted by molar-refractivity contribution is 5.47. The second-order valence-corrected chi connectivity index (χ2v) is 8.89. The average molecular weight is 440 g/mol. The van der Waals surface area contributed by atoms with Crippen molar-refractivity contribution in [3.8, 4) is 0 Å². The van der Waals surface area contributed by atoms with Crippen LogP contribution in [0.1, 0.15) is 30.5 Å². The molecule has 3 aromatic rings. The maximum Gasteiger partial charge on any atom is 0.143 e. The maximum absolute atomic E-state index is 6.93. The Hall–Kier alpha value is -3.14. The first-order valence-electron chi connectivity index (χ1n) is 11.5. The molecule has 0 aliphatic carbocycles. The van der Waals surface area contributed by atoms with Crippen LogP contribution in [0.5, 0.6) is 0 Å². The number of rotatable bonds is 8. The normalized spacial score (nSPS) is 18.8. The number of ether oxygens (including phenoxy) is 2. The van der Waals surface area contributed by atoms with Crippen molar-refractivity contribution in [2.75, 3.05) is 20.7 Å². The molecule has 1 aliphatic rings. The molecule has 170 valence electrons. The molecule has 4 rings (SSSR count). The first kappa shape index (κ1) is 23.0. The van der Waals surface area contributed by atoms with Crippen LogP contribution >= 0.6 is 0 Å². The van der Waals surface area contributed by atoms with Gasteiger partial charge in [-0.05, 0) is 41.7 Å². The molecule has 1 aliphatic heterocycles. The minimum Gasteiger partial charge on any atom is -0.383 e. The first-order chi connectivity index (χ1) is 16.0. The molecule has 33 heavy (non-hydrogen) atoms. The van der Waals surface area contributed by atoms with Gasteiger partial charge in [0.05, 0.1) is 6.61 Å². The van der Waals surface area contributed by atoms with Gasteiger partial charge in [0.2, 0.25) is 0 Å². The maximum atomic E-state index is 6.93. The monoisotopic (exact) mass is 439 g/mol. The van der Waals surface area contributed by atoms with Gasteiger partial charge in [-0.25, -0.2) is 0 Å². The van der Waals surface area contributed by atoms with E-state index in [9.17, 15) is 0 Å². The van der Waals surface area contributed by atoms with Gasteiger partial charge in [-0.1, -0.05) is 97.1 Å². The molecule has 0 saturated heterocycles. The van der Waals surface area contributed by atoms with Crippen molar-refractivity contribution in [2.45, 2.75) is 31.7 Å². The number of nitrogens with zero attached hydrogens (tertiary/aromatic N) is 1. The number of hydrogen-bond acceptors (Lipinski definition) is 3. The molecule has 1 heterocycles. The van der Waals surface area contributed by atoms with Gasteiger partial charge in [0.1, 0.15) is 17.8 Å². The SMILES string of the molecule is CC1=CC(COC(c2ccccc2)(c2ccccc2)c2ccccc2)OC1/C(C)=C/N(C)C. The van der Waals surface area contributed by atoms with E-state index in [-0.39, 0.29) is 12.2 Å². The third-order valence-electron chi connectivity index (χ3n) is 6.05. The Morgan fingerprint density at radius 3 is 1.73 bits per heavy atom. The zero-order chi connectivity index (χ0) is 23.3. The Kier molecular flexibility index (Phi) is 7.12. The molecular weight excluding hydrogens is 406 g/mol. The lowest BCUT2D eigenvalue weighted by atomic mass is 9.80. The summed E-state index contributed by atoms with van der Waals surface area (Å²) in [6, 6.07) is 31.4. The zero-order valence-electron chi connectivity index (χ0n) is 19.9. The summed E-state index contributed by atoms with van der Waals surface area (Å²) in [6.07, 6.45) is 4.19. The molecule has 3 heteroatoms. The predicted molar refractivity (Wildman–Crippen MR) is 135 cm³/mol. The highest BCUT2D eigenvalue weighted by Gasteiger charge is 2.39. The summed E-state index contributed by atoms with van der Waals surface area (Å²) in [5, 5.41) is 0. The molecular formula is C30H33NO2. The highest BCUT2D eigenvalue weighted by Crippen LogP contribution is 2.41. The van der Waals surface area contributed by atoms with Crippen LogP contribution in [0.2, 0.25) is 0 Å². The minimum absolute atomic E-state index is 0.0134. The third-order valence-corrected chi connectivity index (χ3v) is 6.05. The third kappa shape index (κ3) is 4.95. The van der Waals surface area contributed by atoms with E-state index in [1.165, 1.54) is 11.1 Å². The fourth-order valence-corrected chi connectivity index (χ4v) is 4.71. The van der Waals surface area contributed by atoms with Gasteiger partial charge in [0, 0.05) is 20.3 Å². The molecule has 2 unspecified atom stereocenters. The van der Waals surface area contributed by atoms with Gasteiger partial charge in [-0.2, -0.15) is 0 Å². The van der Waals surface area contributed by atoms with E-state index < -0.39 is 5.60 Å². The minimum atomic E-state index is -0.735. The van der Waals surface area contributed by atoms with E-state index in [2.05, 4.69) is 104 Å². The molecule has 0 amide bonds. The van der Waals surface area contributed by atoms with E-state index >= 15 is 0 Å². The summed E-state index contributed by atoms with van der Waals surface area (Å²) >= 11 is 0. The van der Waals surface area contributed by atoms with Crippen molar-refractivity contribution < 1.29 is 9.47 Å². The Morgan fingerprint density at radius 1 is 0.848 bits per heavy atom. The van der Waals surface area contributed by atoms with Gasteiger partial charge >= 0.3 is 0 Å². The van der Waals surface area contributed by atoms with Crippen LogP contribution in [0, 0.1) is 0 Å². The molecule has 0 aromatic heterocycles. The topological polar surface area (TPSA) is 21.7 Å². The van der Waals surface area contributed by atoms with Crippen LogP contribution in [0.4, 0.5) is 0 Å². The molecule has 3 nitrogen and oxygen atoms in total. The number of hydrogen-bond donors (Lipinski definition) is 0. The smallest absolute Gasteiger partial charge is 0.143 e. The van der Waals surface area contributed by atoms with E-state index in [4.69, 9.17) is 9.47 Å². The second kappa shape index (κ2) is 10.2. The number of benzene rings is 3. The van der Waals surface area contributed by atoms with Gasteiger partial charge in [-0.3, -0.25) is 0 Å². The lowest BCUT2D eigenvalue weighted by Gasteiger charge is -2.36.